The maximum Gasteiger partial charge on any atom is 0.275 e. The fourth-order valence-corrected chi connectivity index (χ4v) is 3.85. The fraction of sp³-hybridized carbons (Fsp3) is 0.278. The van der Waals surface area contributed by atoms with Crippen LogP contribution in [-0.2, 0) is 0 Å². The largest absolute Gasteiger partial charge is 0.495 e. The highest BCUT2D eigenvalue weighted by Gasteiger charge is 2.43. The molecule has 6 nitrogen and oxygen atoms in total. The third kappa shape index (κ3) is 2.14. The van der Waals surface area contributed by atoms with Gasteiger partial charge in [-0.1, -0.05) is 18.2 Å². The summed E-state index contributed by atoms with van der Waals surface area (Å²) in [5, 5.41) is 15.0. The van der Waals surface area contributed by atoms with Crippen molar-refractivity contribution in [1.82, 2.24) is 4.98 Å². The van der Waals surface area contributed by atoms with E-state index in [0.29, 0.717) is 17.0 Å². The van der Waals surface area contributed by atoms with Gasteiger partial charge in [0.2, 0.25) is 0 Å². The normalized spacial score (nSPS) is 24.0. The molecule has 24 heavy (non-hydrogen) atoms. The van der Waals surface area contributed by atoms with Crippen LogP contribution >= 0.6 is 0 Å². The number of aromatic nitrogens is 1. The van der Waals surface area contributed by atoms with Crippen molar-refractivity contribution in [2.45, 2.75) is 18.4 Å². The molecule has 3 atom stereocenters. The van der Waals surface area contributed by atoms with Gasteiger partial charge in [0.25, 0.3) is 5.69 Å². The van der Waals surface area contributed by atoms with E-state index in [0.717, 1.165) is 12.1 Å². The second-order valence-corrected chi connectivity index (χ2v) is 6.06. The molecule has 1 aliphatic carbocycles. The minimum atomic E-state index is -0.315. The van der Waals surface area contributed by atoms with Gasteiger partial charge in [0.15, 0.2) is 0 Å². The van der Waals surface area contributed by atoms with Crippen LogP contribution in [-0.4, -0.2) is 17.0 Å². The molecule has 6 heteroatoms. The Kier molecular flexibility index (Phi) is 3.45. The van der Waals surface area contributed by atoms with E-state index in [-0.39, 0.29) is 28.5 Å². The molecule has 1 N–H and O–H groups in total. The van der Waals surface area contributed by atoms with Crippen LogP contribution in [0.15, 0.2) is 48.7 Å². The molecule has 0 bridgehead atoms. The molecule has 1 aliphatic heterocycles. The summed E-state index contributed by atoms with van der Waals surface area (Å²) in [7, 11) is 1.58. The number of fused-ring (bicyclic) bond motifs is 3. The predicted molar refractivity (Wildman–Crippen MR) is 90.2 cm³/mol. The maximum atomic E-state index is 11.5. The summed E-state index contributed by atoms with van der Waals surface area (Å²) in [6.45, 7) is 0. The number of allylic oxidation sites excluding steroid dienone is 2. The van der Waals surface area contributed by atoms with Crippen molar-refractivity contribution in [3.63, 3.8) is 0 Å². The number of nitro groups is 1. The van der Waals surface area contributed by atoms with Crippen molar-refractivity contribution >= 4 is 11.4 Å². The van der Waals surface area contributed by atoms with E-state index in [4.69, 9.17) is 4.74 Å². The van der Waals surface area contributed by atoms with Crippen LogP contribution in [0, 0.1) is 16.0 Å². The fourth-order valence-electron chi connectivity index (χ4n) is 3.85. The van der Waals surface area contributed by atoms with Gasteiger partial charge in [0.05, 0.1) is 35.0 Å². The van der Waals surface area contributed by atoms with Gasteiger partial charge >= 0.3 is 0 Å². The molecule has 2 aliphatic rings. The van der Waals surface area contributed by atoms with Gasteiger partial charge in [-0.25, -0.2) is 0 Å². The molecular weight excluding hydrogens is 306 g/mol. The van der Waals surface area contributed by atoms with Crippen molar-refractivity contribution in [2.75, 3.05) is 12.4 Å². The lowest BCUT2D eigenvalue weighted by Gasteiger charge is -2.37. The highest BCUT2D eigenvalue weighted by molar-refractivity contribution is 5.73. The molecule has 4 rings (SSSR count). The zero-order valence-corrected chi connectivity index (χ0v) is 13.2. The number of hydrogen-bond donors (Lipinski definition) is 1. The van der Waals surface area contributed by atoms with Crippen LogP contribution in [0.5, 0.6) is 5.75 Å². The van der Waals surface area contributed by atoms with Gasteiger partial charge in [-0.3, -0.25) is 15.1 Å². The van der Waals surface area contributed by atoms with E-state index in [1.54, 1.807) is 19.4 Å². The Bertz CT molecular complexity index is 820. The highest BCUT2D eigenvalue weighted by atomic mass is 16.6. The number of nitrogens with zero attached hydrogens (tertiary/aromatic N) is 2. The zero-order chi connectivity index (χ0) is 16.7. The van der Waals surface area contributed by atoms with Gasteiger partial charge in [-0.15, -0.1) is 0 Å². The highest BCUT2D eigenvalue weighted by Crippen LogP contribution is 2.54. The van der Waals surface area contributed by atoms with Crippen molar-refractivity contribution < 1.29 is 9.66 Å². The van der Waals surface area contributed by atoms with Crippen molar-refractivity contribution in [2.24, 2.45) is 5.92 Å². The average molecular weight is 323 g/mol. The van der Waals surface area contributed by atoms with Crippen molar-refractivity contribution in [1.29, 1.82) is 0 Å². The second-order valence-electron chi connectivity index (χ2n) is 6.06. The summed E-state index contributed by atoms with van der Waals surface area (Å²) < 4.78 is 5.45. The Morgan fingerprint density at radius 1 is 1.33 bits per heavy atom. The van der Waals surface area contributed by atoms with Crippen molar-refractivity contribution in [3.05, 3.63) is 70.1 Å². The first-order valence-corrected chi connectivity index (χ1v) is 7.90. The maximum absolute atomic E-state index is 11.5. The van der Waals surface area contributed by atoms with Crippen LogP contribution in [0.25, 0.3) is 0 Å². The number of nitrogens with one attached hydrogen (secondary N) is 1. The van der Waals surface area contributed by atoms with Crippen LogP contribution in [0.3, 0.4) is 0 Å². The van der Waals surface area contributed by atoms with E-state index in [1.165, 1.54) is 6.07 Å². The van der Waals surface area contributed by atoms with Gasteiger partial charge in [-0.05, 0) is 30.5 Å². The third-order valence-corrected chi connectivity index (χ3v) is 4.88. The van der Waals surface area contributed by atoms with Gasteiger partial charge in [-0.2, -0.15) is 0 Å². The number of pyridine rings is 1. The molecule has 2 unspecified atom stereocenters. The summed E-state index contributed by atoms with van der Waals surface area (Å²) in [4.78, 5) is 15.7. The topological polar surface area (TPSA) is 77.3 Å². The van der Waals surface area contributed by atoms with E-state index < -0.39 is 0 Å². The SMILES string of the molecule is COc1ccc([N+](=O)[O-])c2c1N[C@H](c1ccccn1)C1CC=CC21. The lowest BCUT2D eigenvalue weighted by atomic mass is 9.77. The van der Waals surface area contributed by atoms with Crippen LogP contribution in [0.1, 0.15) is 29.6 Å². The third-order valence-electron chi connectivity index (χ3n) is 4.88. The first-order valence-electron chi connectivity index (χ1n) is 7.90. The molecule has 0 amide bonds. The second kappa shape index (κ2) is 5.63. The smallest absolute Gasteiger partial charge is 0.275 e. The van der Waals surface area contributed by atoms with E-state index in [2.05, 4.69) is 22.5 Å². The Morgan fingerprint density at radius 2 is 2.21 bits per heavy atom. The minimum Gasteiger partial charge on any atom is -0.495 e. The number of rotatable bonds is 3. The number of methoxy groups -OCH3 is 1. The Labute approximate surface area is 139 Å². The molecule has 0 radical (unpaired) electrons. The van der Waals surface area contributed by atoms with Crippen LogP contribution in [0.2, 0.25) is 0 Å². The lowest BCUT2D eigenvalue weighted by molar-refractivity contribution is -0.385. The monoisotopic (exact) mass is 323 g/mol. The molecule has 0 spiro atoms. The summed E-state index contributed by atoms with van der Waals surface area (Å²) in [5.41, 5.74) is 2.50. The quantitative estimate of drug-likeness (QED) is 0.528. The first kappa shape index (κ1) is 14.7. The Morgan fingerprint density at radius 3 is 2.92 bits per heavy atom. The number of ether oxygens (including phenoxy) is 1. The summed E-state index contributed by atoms with van der Waals surface area (Å²) in [5.74, 6) is 0.817. The summed E-state index contributed by atoms with van der Waals surface area (Å²) in [6, 6.07) is 9.01. The number of benzene rings is 1. The molecule has 2 heterocycles. The predicted octanol–water partition coefficient (Wildman–Crippen LogP) is 3.82. The Hall–Kier alpha value is -2.89. The molecule has 0 fully saturated rings. The van der Waals surface area contributed by atoms with Gasteiger partial charge in [0, 0.05) is 18.2 Å². The Balaban J connectivity index is 1.90. The molecule has 122 valence electrons. The average Bonchev–Trinajstić information content (AvgIpc) is 3.10. The van der Waals surface area contributed by atoms with Crippen molar-refractivity contribution in [3.8, 4) is 5.75 Å². The summed E-state index contributed by atoms with van der Waals surface area (Å²) >= 11 is 0. The summed E-state index contributed by atoms with van der Waals surface area (Å²) in [6.07, 6.45) is 6.82. The van der Waals surface area contributed by atoms with Gasteiger partial charge in [0.1, 0.15) is 5.75 Å². The molecule has 2 aromatic rings. The zero-order valence-electron chi connectivity index (χ0n) is 13.2. The first-order chi connectivity index (χ1) is 11.7. The molecule has 0 saturated carbocycles. The number of hydrogen-bond acceptors (Lipinski definition) is 5. The van der Waals surface area contributed by atoms with Crippen LogP contribution in [0.4, 0.5) is 11.4 Å². The van der Waals surface area contributed by atoms with Gasteiger partial charge < -0.3 is 10.1 Å². The molecule has 0 saturated heterocycles. The van der Waals surface area contributed by atoms with Crippen LogP contribution < -0.4 is 10.1 Å². The lowest BCUT2D eigenvalue weighted by Crippen LogP contribution is -2.30. The van der Waals surface area contributed by atoms with E-state index in [1.807, 2.05) is 18.2 Å². The van der Waals surface area contributed by atoms with E-state index >= 15 is 0 Å². The molecule has 1 aromatic carbocycles. The van der Waals surface area contributed by atoms with E-state index in [9.17, 15) is 10.1 Å². The molecule has 1 aromatic heterocycles. The minimum absolute atomic E-state index is 0.00500. The number of nitro benzene ring substituents is 1. The standard InChI is InChI=1S/C18H17N3O3/c1-24-15-9-8-14(21(22)23)16-11-5-4-6-12(11)17(20-18(15)16)13-7-2-3-10-19-13/h2-5,7-12,17,20H,6H2,1H3/t11?,12?,17-/m0/s1. The number of anilines is 1. The molecular formula is C18H17N3O3.